The summed E-state index contributed by atoms with van der Waals surface area (Å²) in [5.41, 5.74) is 2.29. The SMILES string of the molecule is O=C(Nc1cccc(C2SCCCS2)c1)C1(c2cccc(F)c2)CCC1. The highest BCUT2D eigenvalue weighted by Crippen LogP contribution is 2.46. The zero-order chi connectivity index (χ0) is 18.0. The standard InChI is InChI=1S/C21H22FNOS2/c22-17-7-2-6-16(14-17)21(9-3-10-21)20(24)23-18-8-1-5-15(13-18)19-25-11-4-12-26-19/h1-2,5-8,13-14,19H,3-4,9-12H2,(H,23,24). The van der Waals surface area contributed by atoms with Gasteiger partial charge in [0.15, 0.2) is 0 Å². The maximum atomic E-state index is 13.7. The fourth-order valence-electron chi connectivity index (χ4n) is 3.66. The van der Waals surface area contributed by atoms with Crippen LogP contribution in [-0.2, 0) is 10.2 Å². The highest BCUT2D eigenvalue weighted by molar-refractivity contribution is 8.16. The second kappa shape index (κ2) is 7.65. The lowest BCUT2D eigenvalue weighted by molar-refractivity contribution is -0.124. The average Bonchev–Trinajstić information content (AvgIpc) is 2.62. The lowest BCUT2D eigenvalue weighted by atomic mass is 9.63. The molecule has 2 nitrogen and oxygen atoms in total. The molecule has 5 heteroatoms. The summed E-state index contributed by atoms with van der Waals surface area (Å²) < 4.78 is 14.1. The Balaban J connectivity index is 1.54. The van der Waals surface area contributed by atoms with Gasteiger partial charge in [-0.15, -0.1) is 23.5 Å². The van der Waals surface area contributed by atoms with Crippen molar-refractivity contribution in [2.24, 2.45) is 0 Å². The fraction of sp³-hybridized carbons (Fsp3) is 0.381. The highest BCUT2D eigenvalue weighted by Gasteiger charge is 2.45. The Hall–Kier alpha value is -1.46. The van der Waals surface area contributed by atoms with Crippen LogP contribution in [0.25, 0.3) is 0 Å². The van der Waals surface area contributed by atoms with Crippen LogP contribution in [-0.4, -0.2) is 17.4 Å². The van der Waals surface area contributed by atoms with Crippen LogP contribution in [0.1, 0.15) is 41.4 Å². The first-order valence-corrected chi connectivity index (χ1v) is 11.2. The van der Waals surface area contributed by atoms with Crippen LogP contribution in [0.2, 0.25) is 0 Å². The number of hydrogen-bond donors (Lipinski definition) is 1. The summed E-state index contributed by atoms with van der Waals surface area (Å²) in [5, 5.41) is 3.10. The molecule has 0 aromatic heterocycles. The van der Waals surface area contributed by atoms with Crippen molar-refractivity contribution in [2.75, 3.05) is 16.8 Å². The molecular formula is C21H22FNOS2. The van der Waals surface area contributed by atoms with Crippen LogP contribution < -0.4 is 5.32 Å². The third kappa shape index (κ3) is 3.52. The average molecular weight is 388 g/mol. The molecule has 1 saturated heterocycles. The first-order chi connectivity index (χ1) is 12.7. The second-order valence-corrected chi connectivity index (χ2v) is 9.68. The van der Waals surface area contributed by atoms with Crippen LogP contribution in [0.4, 0.5) is 10.1 Å². The normalized spacial score (nSPS) is 19.6. The van der Waals surface area contributed by atoms with Crippen LogP contribution in [0.5, 0.6) is 0 Å². The van der Waals surface area contributed by atoms with Gasteiger partial charge in [-0.3, -0.25) is 4.79 Å². The number of carbonyl (C=O) groups excluding carboxylic acids is 1. The Morgan fingerprint density at radius 1 is 1.04 bits per heavy atom. The molecule has 0 atom stereocenters. The van der Waals surface area contributed by atoms with Crippen molar-refractivity contribution in [3.05, 3.63) is 65.5 Å². The molecule has 2 aromatic rings. The Morgan fingerprint density at radius 3 is 2.50 bits per heavy atom. The van der Waals surface area contributed by atoms with Crippen LogP contribution in [0, 0.1) is 5.82 Å². The van der Waals surface area contributed by atoms with Gasteiger partial charge in [0.2, 0.25) is 5.91 Å². The van der Waals surface area contributed by atoms with Gasteiger partial charge in [0.05, 0.1) is 10.00 Å². The van der Waals surface area contributed by atoms with Crippen molar-refractivity contribution in [1.29, 1.82) is 0 Å². The molecule has 4 rings (SSSR count). The lowest BCUT2D eigenvalue weighted by Gasteiger charge is -2.40. The summed E-state index contributed by atoms with van der Waals surface area (Å²) >= 11 is 3.94. The maximum absolute atomic E-state index is 13.7. The minimum atomic E-state index is -0.591. The van der Waals surface area contributed by atoms with Crippen molar-refractivity contribution in [2.45, 2.75) is 35.7 Å². The number of hydrogen-bond acceptors (Lipinski definition) is 3. The second-order valence-electron chi connectivity index (χ2n) is 6.95. The van der Waals surface area contributed by atoms with E-state index < -0.39 is 5.41 Å². The first-order valence-electron chi connectivity index (χ1n) is 9.08. The Bertz CT molecular complexity index is 800. The molecule has 136 valence electrons. The summed E-state index contributed by atoms with van der Waals surface area (Å²) in [4.78, 5) is 13.1. The molecule has 0 spiro atoms. The molecule has 26 heavy (non-hydrogen) atoms. The van der Waals surface area contributed by atoms with Crippen molar-refractivity contribution >= 4 is 35.1 Å². The van der Waals surface area contributed by atoms with E-state index in [0.29, 0.717) is 4.58 Å². The van der Waals surface area contributed by atoms with Gasteiger partial charge in [-0.1, -0.05) is 30.7 Å². The predicted octanol–water partition coefficient (Wildman–Crippen LogP) is 5.75. The molecule has 0 unspecified atom stereocenters. The van der Waals surface area contributed by atoms with E-state index >= 15 is 0 Å². The molecule has 1 saturated carbocycles. The van der Waals surface area contributed by atoms with E-state index in [1.165, 1.54) is 35.6 Å². The number of rotatable bonds is 4. The van der Waals surface area contributed by atoms with Gasteiger partial charge in [-0.25, -0.2) is 4.39 Å². The largest absolute Gasteiger partial charge is 0.325 e. The molecule has 2 fully saturated rings. The summed E-state index contributed by atoms with van der Waals surface area (Å²) in [5.74, 6) is 2.08. The monoisotopic (exact) mass is 387 g/mol. The lowest BCUT2D eigenvalue weighted by Crippen LogP contribution is -2.46. The number of benzene rings is 2. The minimum absolute atomic E-state index is 0.0181. The van der Waals surface area contributed by atoms with E-state index in [9.17, 15) is 9.18 Å². The van der Waals surface area contributed by atoms with Crippen molar-refractivity contribution in [1.82, 2.24) is 0 Å². The molecular weight excluding hydrogens is 365 g/mol. The molecule has 1 aliphatic carbocycles. The summed E-state index contributed by atoms with van der Waals surface area (Å²) in [6.07, 6.45) is 3.81. The molecule has 2 aromatic carbocycles. The van der Waals surface area contributed by atoms with Gasteiger partial charge in [-0.2, -0.15) is 0 Å². The summed E-state index contributed by atoms with van der Waals surface area (Å²) in [6.45, 7) is 0. The zero-order valence-electron chi connectivity index (χ0n) is 14.5. The van der Waals surface area contributed by atoms with E-state index in [2.05, 4.69) is 17.4 Å². The molecule has 1 heterocycles. The number of nitrogens with one attached hydrogen (secondary N) is 1. The van der Waals surface area contributed by atoms with Crippen molar-refractivity contribution in [3.8, 4) is 0 Å². The molecule has 1 amide bonds. The van der Waals surface area contributed by atoms with Crippen LogP contribution >= 0.6 is 23.5 Å². The molecule has 1 aliphatic heterocycles. The molecule has 0 bridgehead atoms. The van der Waals surface area contributed by atoms with Crippen LogP contribution in [0.15, 0.2) is 48.5 Å². The molecule has 1 N–H and O–H groups in total. The van der Waals surface area contributed by atoms with Gasteiger partial charge in [0.25, 0.3) is 0 Å². The third-order valence-electron chi connectivity index (χ3n) is 5.26. The van der Waals surface area contributed by atoms with Gasteiger partial charge >= 0.3 is 0 Å². The topological polar surface area (TPSA) is 29.1 Å². The summed E-state index contributed by atoms with van der Waals surface area (Å²) in [6, 6.07) is 14.7. The number of anilines is 1. The Kier molecular flexibility index (Phi) is 5.28. The van der Waals surface area contributed by atoms with Gasteiger partial charge < -0.3 is 5.32 Å². The van der Waals surface area contributed by atoms with Gasteiger partial charge in [0, 0.05) is 5.69 Å². The molecule has 2 aliphatic rings. The first kappa shape index (κ1) is 17.9. The van der Waals surface area contributed by atoms with Gasteiger partial charge in [0.1, 0.15) is 5.82 Å². The number of halogens is 1. The molecule has 0 radical (unpaired) electrons. The number of thioether (sulfide) groups is 2. The summed E-state index contributed by atoms with van der Waals surface area (Å²) in [7, 11) is 0. The van der Waals surface area contributed by atoms with E-state index in [1.54, 1.807) is 6.07 Å². The highest BCUT2D eigenvalue weighted by atomic mass is 32.2. The third-order valence-corrected chi connectivity index (χ3v) is 8.28. The van der Waals surface area contributed by atoms with Crippen LogP contribution in [0.3, 0.4) is 0 Å². The fourth-order valence-corrected chi connectivity index (χ4v) is 6.53. The van der Waals surface area contributed by atoms with E-state index in [0.717, 1.165) is 30.5 Å². The smallest absolute Gasteiger partial charge is 0.235 e. The minimum Gasteiger partial charge on any atom is -0.325 e. The number of amides is 1. The van der Waals surface area contributed by atoms with E-state index in [1.807, 2.05) is 41.7 Å². The maximum Gasteiger partial charge on any atom is 0.235 e. The number of carbonyl (C=O) groups is 1. The Labute approximate surface area is 162 Å². The van der Waals surface area contributed by atoms with E-state index in [4.69, 9.17) is 0 Å². The van der Waals surface area contributed by atoms with Crippen molar-refractivity contribution in [3.63, 3.8) is 0 Å². The van der Waals surface area contributed by atoms with Gasteiger partial charge in [-0.05, 0) is 66.2 Å². The quantitative estimate of drug-likeness (QED) is 0.724. The zero-order valence-corrected chi connectivity index (χ0v) is 16.2. The van der Waals surface area contributed by atoms with E-state index in [-0.39, 0.29) is 11.7 Å². The predicted molar refractivity (Wildman–Crippen MR) is 109 cm³/mol. The Morgan fingerprint density at radius 2 is 1.81 bits per heavy atom. The van der Waals surface area contributed by atoms with Crippen molar-refractivity contribution < 1.29 is 9.18 Å².